The van der Waals surface area contributed by atoms with E-state index in [-0.39, 0.29) is 5.97 Å². The average Bonchev–Trinajstić information content (AvgIpc) is 2.51. The molecule has 16 heavy (non-hydrogen) atoms. The predicted molar refractivity (Wildman–Crippen MR) is 59.1 cm³/mol. The molecule has 0 N–H and O–H groups in total. The smallest absolute Gasteiger partial charge is 0.308 e. The third-order valence-corrected chi connectivity index (χ3v) is 2.26. The number of carbonyl (C=O) groups excluding carboxylic acids is 1. The van der Waals surface area contributed by atoms with E-state index in [1.54, 1.807) is 24.3 Å². The van der Waals surface area contributed by atoms with Crippen molar-refractivity contribution >= 4 is 5.97 Å². The van der Waals surface area contributed by atoms with Gasteiger partial charge in [0.15, 0.2) is 0 Å². The number of nitriles is 1. The molecule has 3 nitrogen and oxygen atoms in total. The molecule has 0 spiro atoms. The van der Waals surface area contributed by atoms with Crippen molar-refractivity contribution in [1.82, 2.24) is 0 Å². The van der Waals surface area contributed by atoms with E-state index in [1.165, 1.54) is 6.92 Å². The molecule has 78 valence electrons. The molecule has 0 saturated carbocycles. The van der Waals surface area contributed by atoms with Crippen molar-refractivity contribution in [1.29, 1.82) is 5.26 Å². The molecule has 2 rings (SSSR count). The van der Waals surface area contributed by atoms with Crippen molar-refractivity contribution in [3.8, 4) is 22.9 Å². The zero-order valence-corrected chi connectivity index (χ0v) is 8.73. The minimum Gasteiger partial charge on any atom is -0.426 e. The maximum atomic E-state index is 10.9. The predicted octanol–water partition coefficient (Wildman–Crippen LogP) is 2.59. The van der Waals surface area contributed by atoms with Gasteiger partial charge in [-0.2, -0.15) is 5.26 Å². The fraction of sp³-hybridized carbons (Fsp3) is 0.0769. The van der Waals surface area contributed by atoms with Gasteiger partial charge in [0.2, 0.25) is 0 Å². The van der Waals surface area contributed by atoms with Crippen molar-refractivity contribution in [2.24, 2.45) is 0 Å². The highest BCUT2D eigenvalue weighted by molar-refractivity contribution is 5.81. The second-order valence-corrected chi connectivity index (χ2v) is 3.36. The third-order valence-electron chi connectivity index (χ3n) is 2.26. The number of ether oxygens (including phenoxy) is 1. The van der Waals surface area contributed by atoms with Gasteiger partial charge in [-0.3, -0.25) is 4.79 Å². The molecule has 0 radical (unpaired) electrons. The van der Waals surface area contributed by atoms with Gasteiger partial charge in [0, 0.05) is 18.1 Å². The summed E-state index contributed by atoms with van der Waals surface area (Å²) in [6.07, 6.45) is 0. The lowest BCUT2D eigenvalue weighted by Gasteiger charge is -2.01. The zero-order chi connectivity index (χ0) is 11.5. The first-order valence-electron chi connectivity index (χ1n) is 4.82. The molecule has 0 fully saturated rings. The summed E-state index contributed by atoms with van der Waals surface area (Å²) in [5, 5.41) is 8.98. The van der Waals surface area contributed by atoms with Crippen LogP contribution < -0.4 is 4.74 Å². The Bertz CT molecular complexity index is 554. The Kier molecular flexibility index (Phi) is 2.57. The van der Waals surface area contributed by atoms with Crippen molar-refractivity contribution in [3.05, 3.63) is 42.0 Å². The summed E-state index contributed by atoms with van der Waals surface area (Å²) in [4.78, 5) is 10.9. The average molecular weight is 211 g/mol. The molecule has 0 amide bonds. The lowest BCUT2D eigenvalue weighted by molar-refractivity contribution is -0.131. The van der Waals surface area contributed by atoms with Gasteiger partial charge in [-0.05, 0) is 18.2 Å². The van der Waals surface area contributed by atoms with Crippen LogP contribution in [0.1, 0.15) is 12.5 Å². The van der Waals surface area contributed by atoms with Crippen LogP contribution in [0.5, 0.6) is 5.75 Å². The Labute approximate surface area is 93.2 Å². The van der Waals surface area contributed by atoms with Gasteiger partial charge < -0.3 is 4.74 Å². The number of hydrogen-bond acceptors (Lipinski definition) is 3. The second-order valence-electron chi connectivity index (χ2n) is 3.36. The summed E-state index contributed by atoms with van der Waals surface area (Å²) < 4.78 is 5.06. The Balaban J connectivity index is 2.58. The van der Waals surface area contributed by atoms with Gasteiger partial charge in [-0.25, -0.2) is 0 Å². The standard InChI is InChI=1S/C13H9NO2/c1-9(15)16-13-7-6-11-10(8-14)4-2-3-5-12(11)13/h2-7H,1H3. The Morgan fingerprint density at radius 3 is 2.62 bits per heavy atom. The van der Waals surface area contributed by atoms with Crippen LogP contribution in [0.4, 0.5) is 0 Å². The second kappa shape index (κ2) is 4.03. The number of rotatable bonds is 1. The van der Waals surface area contributed by atoms with Gasteiger partial charge >= 0.3 is 5.97 Å². The summed E-state index contributed by atoms with van der Waals surface area (Å²) in [6, 6.07) is 12.8. The Morgan fingerprint density at radius 2 is 1.94 bits per heavy atom. The first-order valence-corrected chi connectivity index (χ1v) is 4.82. The van der Waals surface area contributed by atoms with Crippen LogP contribution in [-0.2, 0) is 4.79 Å². The minimum atomic E-state index is -0.363. The van der Waals surface area contributed by atoms with E-state index in [2.05, 4.69) is 6.07 Å². The largest absolute Gasteiger partial charge is 0.426 e. The van der Waals surface area contributed by atoms with Crippen LogP contribution in [0, 0.1) is 11.3 Å². The maximum absolute atomic E-state index is 10.9. The van der Waals surface area contributed by atoms with Crippen LogP contribution >= 0.6 is 0 Å². The molecule has 0 bridgehead atoms. The van der Waals surface area contributed by atoms with Gasteiger partial charge in [0.05, 0.1) is 11.6 Å². The maximum Gasteiger partial charge on any atom is 0.308 e. The van der Waals surface area contributed by atoms with Crippen LogP contribution in [0.25, 0.3) is 11.1 Å². The molecule has 0 aromatic heterocycles. The van der Waals surface area contributed by atoms with E-state index in [1.807, 2.05) is 12.1 Å². The molecule has 2 aliphatic rings. The summed E-state index contributed by atoms with van der Waals surface area (Å²) in [5.74, 6) is 0.132. The first kappa shape index (κ1) is 10.2. The zero-order valence-electron chi connectivity index (χ0n) is 8.73. The fourth-order valence-corrected chi connectivity index (χ4v) is 1.61. The van der Waals surface area contributed by atoms with Crippen molar-refractivity contribution in [3.63, 3.8) is 0 Å². The van der Waals surface area contributed by atoms with Crippen LogP contribution in [-0.4, -0.2) is 5.97 Å². The fourth-order valence-electron chi connectivity index (χ4n) is 1.61. The lowest BCUT2D eigenvalue weighted by atomic mass is 10.1. The summed E-state index contributed by atoms with van der Waals surface area (Å²) >= 11 is 0. The minimum absolute atomic E-state index is 0.363. The molecule has 2 aliphatic carbocycles. The number of esters is 1. The number of nitrogens with zero attached hydrogens (tertiary/aromatic N) is 1. The molecule has 0 aromatic carbocycles. The van der Waals surface area contributed by atoms with Crippen LogP contribution in [0.2, 0.25) is 0 Å². The number of carbonyl (C=O) groups is 1. The van der Waals surface area contributed by atoms with E-state index in [4.69, 9.17) is 10.00 Å². The molecule has 0 heterocycles. The van der Waals surface area contributed by atoms with Gasteiger partial charge in [0.25, 0.3) is 0 Å². The molecule has 0 aliphatic heterocycles. The van der Waals surface area contributed by atoms with E-state index >= 15 is 0 Å². The SMILES string of the molecule is CC(=O)Oc1ccc2c(C#N)ccccc1-2. The van der Waals surface area contributed by atoms with E-state index in [9.17, 15) is 4.79 Å². The normalized spacial score (nSPS) is 9.75. The number of hydrogen-bond donors (Lipinski definition) is 0. The molecule has 0 saturated heterocycles. The van der Waals surface area contributed by atoms with Crippen LogP contribution in [0.3, 0.4) is 0 Å². The molecule has 3 heteroatoms. The quantitative estimate of drug-likeness (QED) is 0.681. The molecule has 0 unspecified atom stereocenters. The van der Waals surface area contributed by atoms with Crippen molar-refractivity contribution in [2.75, 3.05) is 0 Å². The lowest BCUT2D eigenvalue weighted by Crippen LogP contribution is -2.00. The van der Waals surface area contributed by atoms with E-state index < -0.39 is 0 Å². The Morgan fingerprint density at radius 1 is 1.19 bits per heavy atom. The number of fused-ring (bicyclic) bond motifs is 1. The van der Waals surface area contributed by atoms with Gasteiger partial charge in [-0.15, -0.1) is 0 Å². The molecule has 0 aromatic rings. The summed E-state index contributed by atoms with van der Waals surface area (Å²) in [5.41, 5.74) is 2.14. The molecular formula is C13H9NO2. The van der Waals surface area contributed by atoms with E-state index in [0.717, 1.165) is 11.1 Å². The first-order chi connectivity index (χ1) is 7.72. The highest BCUT2D eigenvalue weighted by Gasteiger charge is 2.13. The molecule has 0 atom stereocenters. The molecular weight excluding hydrogens is 202 g/mol. The summed E-state index contributed by atoms with van der Waals surface area (Å²) in [6.45, 7) is 1.35. The van der Waals surface area contributed by atoms with Gasteiger partial charge in [-0.1, -0.05) is 18.2 Å². The topological polar surface area (TPSA) is 50.1 Å². The summed E-state index contributed by atoms with van der Waals surface area (Å²) in [7, 11) is 0. The highest BCUT2D eigenvalue weighted by atomic mass is 16.5. The highest BCUT2D eigenvalue weighted by Crippen LogP contribution is 2.35. The van der Waals surface area contributed by atoms with E-state index in [0.29, 0.717) is 11.3 Å². The third kappa shape index (κ3) is 1.73. The van der Waals surface area contributed by atoms with Crippen molar-refractivity contribution in [2.45, 2.75) is 6.92 Å². The Hall–Kier alpha value is -2.34. The van der Waals surface area contributed by atoms with Crippen LogP contribution in [0.15, 0.2) is 36.4 Å². The van der Waals surface area contributed by atoms with Crippen molar-refractivity contribution < 1.29 is 9.53 Å². The van der Waals surface area contributed by atoms with Gasteiger partial charge in [0.1, 0.15) is 5.75 Å². The monoisotopic (exact) mass is 211 g/mol.